The Hall–Kier alpha value is -3.99. The topological polar surface area (TPSA) is 112 Å². The number of nitrogens with one attached hydrogen (secondary N) is 1. The number of carbonyl (C=O) groups is 1. The number of pyridine rings is 1. The molecule has 0 bridgehead atoms. The van der Waals surface area contributed by atoms with Gasteiger partial charge in [-0.3, -0.25) is 19.9 Å². The molecule has 2 atom stereocenters. The Labute approximate surface area is 214 Å². The second-order valence-electron chi connectivity index (χ2n) is 8.33. The van der Waals surface area contributed by atoms with Crippen LogP contribution in [0, 0.1) is 24.0 Å². The third-order valence-corrected chi connectivity index (χ3v) is 6.56. The molecule has 1 aliphatic heterocycles. The largest absolute Gasteiger partial charge is 0.494 e. The number of non-ortho nitro benzene ring substituents is 1. The molecule has 1 fully saturated rings. The maximum absolute atomic E-state index is 12.5. The van der Waals surface area contributed by atoms with Gasteiger partial charge in [-0.05, 0) is 62.8 Å². The fourth-order valence-corrected chi connectivity index (χ4v) is 4.99. The molecule has 188 valence electrons. The van der Waals surface area contributed by atoms with Gasteiger partial charge in [0.05, 0.1) is 48.2 Å². The van der Waals surface area contributed by atoms with Gasteiger partial charge in [-0.15, -0.1) is 0 Å². The number of esters is 1. The van der Waals surface area contributed by atoms with Gasteiger partial charge in [0.1, 0.15) is 12.3 Å². The van der Waals surface area contributed by atoms with Crippen LogP contribution in [0.3, 0.4) is 0 Å². The van der Waals surface area contributed by atoms with Crippen LogP contribution in [-0.2, 0) is 9.53 Å². The quantitative estimate of drug-likeness (QED) is 0.209. The van der Waals surface area contributed by atoms with Crippen LogP contribution in [0.25, 0.3) is 5.69 Å². The highest BCUT2D eigenvalue weighted by Gasteiger charge is 2.42. The third-order valence-electron chi connectivity index (χ3n) is 6.21. The second kappa shape index (κ2) is 10.3. The van der Waals surface area contributed by atoms with Gasteiger partial charge in [0.15, 0.2) is 5.11 Å². The lowest BCUT2D eigenvalue weighted by Gasteiger charge is -2.27. The van der Waals surface area contributed by atoms with Gasteiger partial charge in [0.25, 0.3) is 5.69 Å². The normalized spacial score (nSPS) is 17.1. The summed E-state index contributed by atoms with van der Waals surface area (Å²) in [6.45, 7) is 5.93. The van der Waals surface area contributed by atoms with E-state index < -0.39 is 4.92 Å². The zero-order valence-electron chi connectivity index (χ0n) is 20.4. The Balaban J connectivity index is 1.84. The van der Waals surface area contributed by atoms with Gasteiger partial charge in [-0.1, -0.05) is 6.07 Å². The van der Waals surface area contributed by atoms with E-state index in [9.17, 15) is 14.9 Å². The SMILES string of the molecule is CCOC(=O)CN1C(=S)N[C@@H](c2ccccn2)[C@@H]1c1cc(C)n(-c2ccc([N+](=O)[O-])cc2OC)c1C. The first-order valence-corrected chi connectivity index (χ1v) is 11.8. The van der Waals surface area contributed by atoms with E-state index in [4.69, 9.17) is 21.7 Å². The van der Waals surface area contributed by atoms with Crippen LogP contribution in [0.5, 0.6) is 5.75 Å². The molecule has 0 amide bonds. The second-order valence-corrected chi connectivity index (χ2v) is 8.72. The van der Waals surface area contributed by atoms with Gasteiger partial charge in [-0.2, -0.15) is 0 Å². The molecule has 3 heterocycles. The van der Waals surface area contributed by atoms with E-state index in [0.717, 1.165) is 22.6 Å². The summed E-state index contributed by atoms with van der Waals surface area (Å²) in [7, 11) is 1.48. The van der Waals surface area contributed by atoms with Crippen LogP contribution in [-0.4, -0.2) is 50.7 Å². The Bertz CT molecular complexity index is 1310. The zero-order chi connectivity index (χ0) is 26.0. The molecular weight excluding hydrogens is 482 g/mol. The molecule has 2 aromatic heterocycles. The van der Waals surface area contributed by atoms with E-state index in [2.05, 4.69) is 10.3 Å². The summed E-state index contributed by atoms with van der Waals surface area (Å²) in [5, 5.41) is 15.0. The number of hydrogen-bond acceptors (Lipinski definition) is 7. The average molecular weight is 510 g/mol. The van der Waals surface area contributed by atoms with Crippen molar-refractivity contribution in [1.29, 1.82) is 0 Å². The monoisotopic (exact) mass is 509 g/mol. The molecule has 10 nitrogen and oxygen atoms in total. The molecule has 4 rings (SSSR count). The Morgan fingerprint density at radius 1 is 1.25 bits per heavy atom. The summed E-state index contributed by atoms with van der Waals surface area (Å²) in [6, 6.07) is 11.6. The fraction of sp³-hybridized carbons (Fsp3) is 0.320. The van der Waals surface area contributed by atoms with E-state index in [1.54, 1.807) is 19.2 Å². The number of nitro groups is 1. The lowest BCUT2D eigenvalue weighted by Crippen LogP contribution is -2.35. The van der Waals surface area contributed by atoms with E-state index >= 15 is 0 Å². The molecule has 1 saturated heterocycles. The van der Waals surface area contributed by atoms with E-state index in [1.807, 2.05) is 47.6 Å². The first-order chi connectivity index (χ1) is 17.3. The van der Waals surface area contributed by atoms with Crippen molar-refractivity contribution in [2.75, 3.05) is 20.3 Å². The van der Waals surface area contributed by atoms with E-state index in [1.165, 1.54) is 19.2 Å². The minimum atomic E-state index is -0.455. The summed E-state index contributed by atoms with van der Waals surface area (Å²) >= 11 is 5.64. The van der Waals surface area contributed by atoms with Crippen LogP contribution in [0.15, 0.2) is 48.7 Å². The summed E-state index contributed by atoms with van der Waals surface area (Å²) in [4.78, 5) is 29.7. The van der Waals surface area contributed by atoms with Crippen molar-refractivity contribution >= 4 is 29.0 Å². The molecule has 1 aromatic carbocycles. The van der Waals surface area contributed by atoms with Crippen molar-refractivity contribution in [3.63, 3.8) is 0 Å². The van der Waals surface area contributed by atoms with Gasteiger partial charge < -0.3 is 24.3 Å². The van der Waals surface area contributed by atoms with Gasteiger partial charge >= 0.3 is 5.97 Å². The van der Waals surface area contributed by atoms with Crippen molar-refractivity contribution in [2.45, 2.75) is 32.9 Å². The Morgan fingerprint density at radius 2 is 2.03 bits per heavy atom. The van der Waals surface area contributed by atoms with Crippen molar-refractivity contribution in [2.24, 2.45) is 0 Å². The van der Waals surface area contributed by atoms with Crippen molar-refractivity contribution in [3.05, 3.63) is 81.4 Å². The highest BCUT2D eigenvalue weighted by Crippen LogP contribution is 2.42. The van der Waals surface area contributed by atoms with Gasteiger partial charge in [0, 0.05) is 23.7 Å². The van der Waals surface area contributed by atoms with Crippen LogP contribution in [0.4, 0.5) is 5.69 Å². The molecule has 0 radical (unpaired) electrons. The number of rotatable bonds is 8. The molecular formula is C25H27N5O5S. The molecule has 0 saturated carbocycles. The van der Waals surface area contributed by atoms with E-state index in [0.29, 0.717) is 16.5 Å². The molecule has 11 heteroatoms. The van der Waals surface area contributed by atoms with Crippen molar-refractivity contribution in [3.8, 4) is 11.4 Å². The molecule has 0 aliphatic carbocycles. The standard InChI is InChI=1S/C25H27N5O5S/c1-5-35-22(31)14-28-24(23(27-25(28)36)19-8-6-7-11-26-19)18-12-15(2)29(16(18)3)20-10-9-17(30(32)33)13-21(20)34-4/h6-13,23-24H,5,14H2,1-4H3,(H,27,36)/t23-,24-/m0/s1. The first kappa shape index (κ1) is 25.1. The maximum Gasteiger partial charge on any atom is 0.325 e. The fourth-order valence-electron chi connectivity index (χ4n) is 4.68. The number of benzene rings is 1. The predicted octanol–water partition coefficient (Wildman–Crippen LogP) is 3.94. The van der Waals surface area contributed by atoms with Crippen LogP contribution in [0.1, 0.15) is 41.7 Å². The molecule has 0 spiro atoms. The predicted molar refractivity (Wildman–Crippen MR) is 137 cm³/mol. The first-order valence-electron chi connectivity index (χ1n) is 11.4. The number of ether oxygens (including phenoxy) is 2. The smallest absolute Gasteiger partial charge is 0.325 e. The molecule has 1 N–H and O–H groups in total. The number of carbonyl (C=O) groups excluding carboxylic acids is 1. The van der Waals surface area contributed by atoms with Crippen LogP contribution < -0.4 is 10.1 Å². The maximum atomic E-state index is 12.5. The lowest BCUT2D eigenvalue weighted by molar-refractivity contribution is -0.384. The minimum Gasteiger partial charge on any atom is -0.494 e. The van der Waals surface area contributed by atoms with Gasteiger partial charge in [-0.25, -0.2) is 0 Å². The number of methoxy groups -OCH3 is 1. The summed E-state index contributed by atoms with van der Waals surface area (Å²) < 4.78 is 12.7. The molecule has 3 aromatic rings. The summed E-state index contributed by atoms with van der Waals surface area (Å²) in [5.41, 5.74) is 4.10. The van der Waals surface area contributed by atoms with Crippen LogP contribution >= 0.6 is 12.2 Å². The average Bonchev–Trinajstić information content (AvgIpc) is 3.34. The Kier molecular flexibility index (Phi) is 7.20. The van der Waals surface area contributed by atoms with Crippen LogP contribution in [0.2, 0.25) is 0 Å². The lowest BCUT2D eigenvalue weighted by atomic mass is 9.97. The zero-order valence-corrected chi connectivity index (χ0v) is 21.2. The Morgan fingerprint density at radius 3 is 2.67 bits per heavy atom. The number of aryl methyl sites for hydroxylation is 1. The summed E-state index contributed by atoms with van der Waals surface area (Å²) in [5.74, 6) is 0.00133. The minimum absolute atomic E-state index is 0.0157. The molecule has 0 unspecified atom stereocenters. The van der Waals surface area contributed by atoms with E-state index in [-0.39, 0.29) is 36.9 Å². The number of thiocarbonyl (C=S) groups is 1. The van der Waals surface area contributed by atoms with Gasteiger partial charge in [0.2, 0.25) is 0 Å². The molecule has 36 heavy (non-hydrogen) atoms. The highest BCUT2D eigenvalue weighted by atomic mass is 32.1. The summed E-state index contributed by atoms with van der Waals surface area (Å²) in [6.07, 6.45) is 1.72. The number of nitrogens with zero attached hydrogens (tertiary/aromatic N) is 4. The number of aromatic nitrogens is 2. The third kappa shape index (κ3) is 4.61. The number of hydrogen-bond donors (Lipinski definition) is 1. The highest BCUT2D eigenvalue weighted by molar-refractivity contribution is 7.80. The van der Waals surface area contributed by atoms with Crippen molar-refractivity contribution < 1.29 is 19.2 Å². The van der Waals surface area contributed by atoms with Crippen molar-refractivity contribution in [1.82, 2.24) is 19.8 Å². The molecule has 1 aliphatic rings. The number of nitro benzene ring substituents is 1.